The molecule has 2 heterocycles. The molecule has 5 nitrogen and oxygen atoms in total. The number of carbonyl (C=O) groups excluding carboxylic acids is 2. The van der Waals surface area contributed by atoms with Gasteiger partial charge in [-0.2, -0.15) is 0 Å². The van der Waals surface area contributed by atoms with Crippen molar-refractivity contribution in [2.75, 3.05) is 4.90 Å². The number of hydrogen-bond donors (Lipinski definition) is 1. The van der Waals surface area contributed by atoms with Crippen molar-refractivity contribution in [1.82, 2.24) is 0 Å². The third kappa shape index (κ3) is 3.79. The summed E-state index contributed by atoms with van der Waals surface area (Å²) in [4.78, 5) is 27.7. The lowest BCUT2D eigenvalue weighted by molar-refractivity contribution is -0.132. The maximum Gasteiger partial charge on any atom is 0.300 e. The smallest absolute Gasteiger partial charge is 0.300 e. The Labute approximate surface area is 195 Å². The van der Waals surface area contributed by atoms with Gasteiger partial charge in [-0.05, 0) is 59.9 Å². The van der Waals surface area contributed by atoms with Gasteiger partial charge in [-0.3, -0.25) is 14.5 Å². The number of halogens is 1. The van der Waals surface area contributed by atoms with Crippen LogP contribution in [-0.4, -0.2) is 16.8 Å². The van der Waals surface area contributed by atoms with Crippen LogP contribution < -0.4 is 4.90 Å². The summed E-state index contributed by atoms with van der Waals surface area (Å²) in [5.74, 6) is -1.27. The third-order valence-corrected chi connectivity index (χ3v) is 6.59. The largest absolute Gasteiger partial charge is 0.507 e. The van der Waals surface area contributed by atoms with Crippen molar-refractivity contribution in [3.05, 3.63) is 93.4 Å². The molecular formula is C26H24BrNO4. The number of rotatable bonds is 3. The van der Waals surface area contributed by atoms with Gasteiger partial charge in [0.2, 0.25) is 0 Å². The number of carbonyl (C=O) groups is 2. The van der Waals surface area contributed by atoms with Gasteiger partial charge in [-0.1, -0.05) is 54.9 Å². The molecule has 1 saturated heterocycles. The van der Waals surface area contributed by atoms with Crippen molar-refractivity contribution < 1.29 is 19.1 Å². The SMILES string of the molecule is Cc1cc(/C(O)=C2/C(=O)C(=O)N(c3ccc(C(C)(C)C)cc3)C2c2ccco2)ccc1Br. The first-order chi connectivity index (χ1) is 15.1. The monoisotopic (exact) mass is 493 g/mol. The van der Waals surface area contributed by atoms with Crippen molar-refractivity contribution in [2.24, 2.45) is 0 Å². The van der Waals surface area contributed by atoms with Crippen molar-refractivity contribution in [3.63, 3.8) is 0 Å². The molecule has 1 amide bonds. The average molecular weight is 494 g/mol. The molecule has 1 aliphatic rings. The highest BCUT2D eigenvalue weighted by molar-refractivity contribution is 9.10. The van der Waals surface area contributed by atoms with Crippen molar-refractivity contribution >= 4 is 39.1 Å². The predicted octanol–water partition coefficient (Wildman–Crippen LogP) is 6.27. The molecule has 1 N–H and O–H groups in total. The molecule has 0 aliphatic carbocycles. The van der Waals surface area contributed by atoms with Gasteiger partial charge in [0, 0.05) is 15.7 Å². The first-order valence-corrected chi connectivity index (χ1v) is 11.1. The maximum absolute atomic E-state index is 13.1. The lowest BCUT2D eigenvalue weighted by atomic mass is 9.87. The van der Waals surface area contributed by atoms with E-state index in [-0.39, 0.29) is 16.7 Å². The fraction of sp³-hybridized carbons (Fsp3) is 0.231. The minimum Gasteiger partial charge on any atom is -0.507 e. The van der Waals surface area contributed by atoms with E-state index in [1.54, 1.807) is 30.3 Å². The van der Waals surface area contributed by atoms with E-state index in [0.29, 0.717) is 17.0 Å². The van der Waals surface area contributed by atoms with Gasteiger partial charge >= 0.3 is 0 Å². The van der Waals surface area contributed by atoms with Crippen LogP contribution in [0.2, 0.25) is 0 Å². The Kier molecular flexibility index (Phi) is 5.59. The molecule has 1 atom stereocenters. The van der Waals surface area contributed by atoms with Gasteiger partial charge in [0.05, 0.1) is 11.8 Å². The fourth-order valence-corrected chi connectivity index (χ4v) is 4.13. The van der Waals surface area contributed by atoms with E-state index in [9.17, 15) is 14.7 Å². The van der Waals surface area contributed by atoms with E-state index >= 15 is 0 Å². The van der Waals surface area contributed by atoms with Gasteiger partial charge in [-0.25, -0.2) is 0 Å². The summed E-state index contributed by atoms with van der Waals surface area (Å²) in [5.41, 5.74) is 2.99. The molecular weight excluding hydrogens is 470 g/mol. The van der Waals surface area contributed by atoms with Crippen LogP contribution in [-0.2, 0) is 15.0 Å². The zero-order chi connectivity index (χ0) is 23.2. The van der Waals surface area contributed by atoms with Crippen molar-refractivity contribution in [3.8, 4) is 0 Å². The number of furan rings is 1. The summed E-state index contributed by atoms with van der Waals surface area (Å²) in [5, 5.41) is 11.1. The number of hydrogen-bond acceptors (Lipinski definition) is 4. The Morgan fingerprint density at radius 2 is 1.75 bits per heavy atom. The van der Waals surface area contributed by atoms with Crippen LogP contribution in [0.4, 0.5) is 5.69 Å². The molecule has 0 saturated carbocycles. The van der Waals surface area contributed by atoms with Gasteiger partial charge in [0.15, 0.2) is 0 Å². The molecule has 4 rings (SSSR count). The minimum absolute atomic E-state index is 0.00608. The molecule has 1 aromatic heterocycles. The van der Waals surface area contributed by atoms with Crippen molar-refractivity contribution in [1.29, 1.82) is 0 Å². The summed E-state index contributed by atoms with van der Waals surface area (Å²) in [6, 6.07) is 15.4. The molecule has 2 aromatic carbocycles. The summed E-state index contributed by atoms with van der Waals surface area (Å²) < 4.78 is 6.49. The molecule has 0 spiro atoms. The van der Waals surface area contributed by atoms with Crippen LogP contribution >= 0.6 is 15.9 Å². The van der Waals surface area contributed by atoms with Crippen LogP contribution in [0.5, 0.6) is 0 Å². The lowest BCUT2D eigenvalue weighted by Crippen LogP contribution is -2.29. The Balaban J connectivity index is 1.88. The first-order valence-electron chi connectivity index (χ1n) is 10.3. The Bertz CT molecular complexity index is 1220. The molecule has 1 aliphatic heterocycles. The number of aliphatic hydroxyl groups excluding tert-OH is 1. The maximum atomic E-state index is 13.1. The van der Waals surface area contributed by atoms with Crippen molar-refractivity contribution in [2.45, 2.75) is 39.2 Å². The Hall–Kier alpha value is -3.12. The zero-order valence-corrected chi connectivity index (χ0v) is 19.9. The summed E-state index contributed by atoms with van der Waals surface area (Å²) in [6.45, 7) is 8.21. The third-order valence-electron chi connectivity index (χ3n) is 5.70. The number of anilines is 1. The highest BCUT2D eigenvalue weighted by atomic mass is 79.9. The average Bonchev–Trinajstić information content (AvgIpc) is 3.36. The summed E-state index contributed by atoms with van der Waals surface area (Å²) in [6.07, 6.45) is 1.49. The number of ketones is 1. The molecule has 6 heteroatoms. The Morgan fingerprint density at radius 1 is 1.06 bits per heavy atom. The van der Waals surface area contributed by atoms with Gasteiger partial charge < -0.3 is 9.52 Å². The quantitative estimate of drug-likeness (QED) is 0.265. The topological polar surface area (TPSA) is 70.8 Å². The molecule has 0 bridgehead atoms. The number of aliphatic hydroxyl groups is 1. The minimum atomic E-state index is -0.866. The first kappa shape index (κ1) is 22.1. The Morgan fingerprint density at radius 3 is 2.31 bits per heavy atom. The van der Waals surface area contributed by atoms with Crippen LogP contribution in [0.25, 0.3) is 5.76 Å². The van der Waals surface area contributed by atoms with E-state index in [2.05, 4.69) is 36.7 Å². The molecule has 32 heavy (non-hydrogen) atoms. The number of benzene rings is 2. The van der Waals surface area contributed by atoms with E-state index in [1.807, 2.05) is 31.2 Å². The second kappa shape index (κ2) is 8.10. The number of Topliss-reactive ketones (excluding diaryl/α,β-unsaturated/α-hetero) is 1. The van der Waals surface area contributed by atoms with Gasteiger partial charge in [0.1, 0.15) is 17.6 Å². The second-order valence-corrected chi connectivity index (χ2v) is 9.80. The molecule has 3 aromatic rings. The number of amides is 1. The second-order valence-electron chi connectivity index (χ2n) is 8.95. The zero-order valence-electron chi connectivity index (χ0n) is 18.3. The van der Waals surface area contributed by atoms with Crippen LogP contribution in [0.15, 0.2) is 75.3 Å². The van der Waals surface area contributed by atoms with E-state index in [4.69, 9.17) is 4.42 Å². The van der Waals surface area contributed by atoms with Gasteiger partial charge in [0.25, 0.3) is 11.7 Å². The number of aryl methyl sites for hydroxylation is 1. The van der Waals surface area contributed by atoms with Crippen LogP contribution in [0.3, 0.4) is 0 Å². The van der Waals surface area contributed by atoms with Crippen LogP contribution in [0.1, 0.15) is 49.3 Å². The number of nitrogens with zero attached hydrogens (tertiary/aromatic N) is 1. The van der Waals surface area contributed by atoms with E-state index in [0.717, 1.165) is 15.6 Å². The predicted molar refractivity (Wildman–Crippen MR) is 128 cm³/mol. The van der Waals surface area contributed by atoms with Gasteiger partial charge in [-0.15, -0.1) is 0 Å². The van der Waals surface area contributed by atoms with Crippen LogP contribution in [0, 0.1) is 6.92 Å². The highest BCUT2D eigenvalue weighted by Gasteiger charge is 2.48. The van der Waals surface area contributed by atoms with E-state index in [1.165, 1.54) is 11.2 Å². The standard InChI is InChI=1S/C26H24BrNO4/c1-15-14-16(7-12-19(15)27)23(29)21-22(20-6-5-13-32-20)28(25(31)24(21)30)18-10-8-17(9-11-18)26(2,3)4/h5-14,22,29H,1-4H3/b23-21-. The molecule has 1 unspecified atom stereocenters. The lowest BCUT2D eigenvalue weighted by Gasteiger charge is -2.25. The summed E-state index contributed by atoms with van der Waals surface area (Å²) in [7, 11) is 0. The molecule has 1 fully saturated rings. The molecule has 164 valence electrons. The summed E-state index contributed by atoms with van der Waals surface area (Å²) >= 11 is 3.44. The van der Waals surface area contributed by atoms with E-state index < -0.39 is 17.7 Å². The molecule has 0 radical (unpaired) electrons. The highest BCUT2D eigenvalue weighted by Crippen LogP contribution is 2.42. The fourth-order valence-electron chi connectivity index (χ4n) is 3.88. The normalized spacial score (nSPS) is 18.4.